The molecule has 0 heterocycles. The van der Waals surface area contributed by atoms with Crippen LogP contribution in [0.25, 0.3) is 0 Å². The molecular formula is C14H22Si2. The second-order valence-electron chi connectivity index (χ2n) is 6.82. The van der Waals surface area contributed by atoms with Gasteiger partial charge in [0.15, 0.2) is 0 Å². The van der Waals surface area contributed by atoms with Crippen LogP contribution in [0.2, 0.25) is 39.3 Å². The van der Waals surface area contributed by atoms with Gasteiger partial charge in [-0.1, -0.05) is 74.0 Å². The molecule has 0 aliphatic heterocycles. The lowest BCUT2D eigenvalue weighted by Gasteiger charge is -2.19. The Labute approximate surface area is 101 Å². The van der Waals surface area contributed by atoms with Crippen LogP contribution in [-0.4, -0.2) is 16.1 Å². The summed E-state index contributed by atoms with van der Waals surface area (Å²) in [4.78, 5) is 0. The zero-order valence-corrected chi connectivity index (χ0v) is 13.3. The van der Waals surface area contributed by atoms with Crippen molar-refractivity contribution in [1.82, 2.24) is 0 Å². The van der Waals surface area contributed by atoms with Crippen LogP contribution in [-0.2, 0) is 0 Å². The minimum absolute atomic E-state index is 1.18. The van der Waals surface area contributed by atoms with Gasteiger partial charge in [-0.25, -0.2) is 0 Å². The van der Waals surface area contributed by atoms with Gasteiger partial charge < -0.3 is 0 Å². The maximum absolute atomic E-state index is 2.43. The van der Waals surface area contributed by atoms with Crippen molar-refractivity contribution in [2.75, 3.05) is 0 Å². The molecule has 0 radical (unpaired) electrons. The maximum atomic E-state index is 2.43. The van der Waals surface area contributed by atoms with Crippen LogP contribution in [0, 0.1) is 0 Å². The molecule has 0 unspecified atom stereocenters. The smallest absolute Gasteiger partial charge is 0.0656 e. The van der Waals surface area contributed by atoms with Gasteiger partial charge in [0.25, 0.3) is 0 Å². The quantitative estimate of drug-likeness (QED) is 0.631. The van der Waals surface area contributed by atoms with Crippen LogP contribution >= 0.6 is 0 Å². The average molecular weight is 247 g/mol. The molecule has 0 nitrogen and oxygen atoms in total. The highest BCUT2D eigenvalue weighted by Gasteiger charge is 2.31. The second kappa shape index (κ2) is 3.44. The summed E-state index contributed by atoms with van der Waals surface area (Å²) in [6.45, 7) is 14.6. The van der Waals surface area contributed by atoms with Gasteiger partial charge >= 0.3 is 0 Å². The summed E-state index contributed by atoms with van der Waals surface area (Å²) in [5.74, 6) is 0. The van der Waals surface area contributed by atoms with Crippen molar-refractivity contribution in [3.63, 3.8) is 0 Å². The SMILES string of the molecule is C[Si](C)(C)C1=C2C=CC([Si](C)(C)C)=C2C=C1. The van der Waals surface area contributed by atoms with Gasteiger partial charge in [0.05, 0.1) is 16.1 Å². The molecule has 2 heteroatoms. The molecule has 2 aliphatic rings. The van der Waals surface area contributed by atoms with Crippen LogP contribution in [0.15, 0.2) is 45.8 Å². The third-order valence-electron chi connectivity index (χ3n) is 3.32. The van der Waals surface area contributed by atoms with E-state index in [4.69, 9.17) is 0 Å². The Morgan fingerprint density at radius 3 is 1.12 bits per heavy atom. The highest BCUT2D eigenvalue weighted by Crippen LogP contribution is 2.40. The van der Waals surface area contributed by atoms with Crippen molar-refractivity contribution >= 4 is 16.1 Å². The summed E-state index contributed by atoms with van der Waals surface area (Å²) in [5.41, 5.74) is 3.08. The number of hydrogen-bond acceptors (Lipinski definition) is 0. The van der Waals surface area contributed by atoms with E-state index in [1.165, 1.54) is 11.1 Å². The molecule has 16 heavy (non-hydrogen) atoms. The van der Waals surface area contributed by atoms with E-state index >= 15 is 0 Å². The van der Waals surface area contributed by atoms with E-state index in [1.54, 1.807) is 10.4 Å². The normalized spacial score (nSPS) is 20.1. The van der Waals surface area contributed by atoms with Crippen molar-refractivity contribution < 1.29 is 0 Å². The molecule has 0 saturated heterocycles. The van der Waals surface area contributed by atoms with Crippen LogP contribution in [0.4, 0.5) is 0 Å². The Morgan fingerprint density at radius 1 is 0.562 bits per heavy atom. The van der Waals surface area contributed by atoms with Crippen molar-refractivity contribution in [2.24, 2.45) is 0 Å². The first kappa shape index (κ1) is 11.9. The number of allylic oxidation sites excluding steroid dienone is 8. The average Bonchev–Trinajstić information content (AvgIpc) is 2.54. The Kier molecular flexibility index (Phi) is 2.55. The predicted molar refractivity (Wildman–Crippen MR) is 79.0 cm³/mol. The molecule has 86 valence electrons. The molecule has 0 fully saturated rings. The van der Waals surface area contributed by atoms with Gasteiger partial charge in [0.2, 0.25) is 0 Å². The Hall–Kier alpha value is -0.606. The fourth-order valence-electron chi connectivity index (χ4n) is 2.47. The first-order valence-corrected chi connectivity index (χ1v) is 13.1. The summed E-state index contributed by atoms with van der Waals surface area (Å²) >= 11 is 0. The summed E-state index contributed by atoms with van der Waals surface area (Å²) < 4.78 is 0. The number of fused-ring (bicyclic) bond motifs is 1. The third kappa shape index (κ3) is 1.84. The van der Waals surface area contributed by atoms with E-state index < -0.39 is 16.1 Å². The molecule has 0 aromatic heterocycles. The van der Waals surface area contributed by atoms with E-state index in [0.29, 0.717) is 0 Å². The topological polar surface area (TPSA) is 0 Å². The van der Waals surface area contributed by atoms with E-state index in [-0.39, 0.29) is 0 Å². The fraction of sp³-hybridized carbons (Fsp3) is 0.429. The molecular weight excluding hydrogens is 224 g/mol. The van der Waals surface area contributed by atoms with Crippen molar-refractivity contribution in [3.8, 4) is 0 Å². The van der Waals surface area contributed by atoms with Crippen molar-refractivity contribution in [3.05, 3.63) is 45.8 Å². The first-order chi connectivity index (χ1) is 7.21. The molecule has 0 atom stereocenters. The molecule has 2 aliphatic carbocycles. The van der Waals surface area contributed by atoms with E-state index in [9.17, 15) is 0 Å². The van der Waals surface area contributed by atoms with E-state index in [2.05, 4.69) is 63.6 Å². The summed E-state index contributed by atoms with van der Waals surface area (Å²) in [6, 6.07) is 0. The molecule has 0 saturated carbocycles. The highest BCUT2D eigenvalue weighted by molar-refractivity contribution is 6.85. The summed E-state index contributed by atoms with van der Waals surface area (Å²) in [5, 5.41) is 3.26. The zero-order valence-electron chi connectivity index (χ0n) is 11.3. The monoisotopic (exact) mass is 246 g/mol. The molecule has 0 aromatic carbocycles. The number of hydrogen-bond donors (Lipinski definition) is 0. The standard InChI is InChI=1S/C14H22Si2/c1-15(2,3)13-9-7-12-11(13)8-10-14(12)16(4,5)6/h7-10H,1-6H3. The lowest BCUT2D eigenvalue weighted by molar-refractivity contribution is 1.57. The van der Waals surface area contributed by atoms with Gasteiger partial charge in [-0.15, -0.1) is 0 Å². The number of rotatable bonds is 2. The fourth-order valence-corrected chi connectivity index (χ4v) is 5.69. The third-order valence-corrected chi connectivity index (χ3v) is 7.42. The van der Waals surface area contributed by atoms with Gasteiger partial charge in [-0.05, 0) is 11.1 Å². The van der Waals surface area contributed by atoms with Gasteiger partial charge in [-0.3, -0.25) is 0 Å². The second-order valence-corrected chi connectivity index (χ2v) is 16.9. The minimum Gasteiger partial charge on any atom is -0.0656 e. The van der Waals surface area contributed by atoms with Crippen molar-refractivity contribution in [1.29, 1.82) is 0 Å². The molecule has 0 amide bonds. The van der Waals surface area contributed by atoms with E-state index in [0.717, 1.165) is 0 Å². The lowest BCUT2D eigenvalue weighted by Crippen LogP contribution is -2.24. The predicted octanol–water partition coefficient (Wildman–Crippen LogP) is 4.47. The highest BCUT2D eigenvalue weighted by atomic mass is 28.3. The van der Waals surface area contributed by atoms with Crippen LogP contribution in [0.3, 0.4) is 0 Å². The molecule has 0 bridgehead atoms. The molecule has 0 spiro atoms. The Balaban J connectivity index is 2.54. The van der Waals surface area contributed by atoms with E-state index in [1.807, 2.05) is 0 Å². The largest absolute Gasteiger partial charge is 0.0784 e. The van der Waals surface area contributed by atoms with Crippen LogP contribution in [0.5, 0.6) is 0 Å². The van der Waals surface area contributed by atoms with Gasteiger partial charge in [-0.2, -0.15) is 0 Å². The van der Waals surface area contributed by atoms with Gasteiger partial charge in [0, 0.05) is 0 Å². The van der Waals surface area contributed by atoms with Gasteiger partial charge in [0.1, 0.15) is 0 Å². The molecule has 2 rings (SSSR count). The Bertz CT molecular complexity index is 402. The lowest BCUT2D eigenvalue weighted by atomic mass is 10.2. The minimum atomic E-state index is -1.18. The summed E-state index contributed by atoms with van der Waals surface area (Å²) in [7, 11) is -2.35. The first-order valence-electron chi connectivity index (χ1n) is 6.07. The van der Waals surface area contributed by atoms with Crippen molar-refractivity contribution in [2.45, 2.75) is 39.3 Å². The summed E-state index contributed by atoms with van der Waals surface area (Å²) in [6.07, 6.45) is 9.47. The molecule has 0 N–H and O–H groups in total. The molecule has 0 aromatic rings. The maximum Gasteiger partial charge on any atom is 0.0784 e. The van der Waals surface area contributed by atoms with Crippen LogP contribution in [0.1, 0.15) is 0 Å². The Morgan fingerprint density at radius 2 is 0.875 bits per heavy atom. The zero-order chi connectivity index (χ0) is 12.1. The van der Waals surface area contributed by atoms with Crippen LogP contribution < -0.4 is 0 Å².